The van der Waals surface area contributed by atoms with Crippen molar-refractivity contribution in [2.75, 3.05) is 25.9 Å². The van der Waals surface area contributed by atoms with Crippen LogP contribution < -0.4 is 0 Å². The van der Waals surface area contributed by atoms with Crippen LogP contribution in [0.3, 0.4) is 0 Å². The molecule has 158 valence electrons. The predicted octanol–water partition coefficient (Wildman–Crippen LogP) is 4.31. The Bertz CT molecular complexity index is 1120. The molecule has 5 nitrogen and oxygen atoms in total. The van der Waals surface area contributed by atoms with Crippen LogP contribution in [0.25, 0.3) is 22.6 Å². The van der Waals surface area contributed by atoms with Crippen molar-refractivity contribution < 1.29 is 17.2 Å². The summed E-state index contributed by atoms with van der Waals surface area (Å²) in [6.45, 7) is 4.01. The number of hydrogen-bond donors (Lipinski definition) is 0. The van der Waals surface area contributed by atoms with Crippen LogP contribution in [0.2, 0.25) is 0 Å². The molecule has 30 heavy (non-hydrogen) atoms. The Balaban J connectivity index is 1.46. The Kier molecular flexibility index (Phi) is 5.75. The maximum atomic E-state index is 13.3. The van der Waals surface area contributed by atoms with Crippen molar-refractivity contribution >= 4 is 9.84 Å². The monoisotopic (exact) mass is 428 g/mol. The fourth-order valence-corrected chi connectivity index (χ4v) is 4.37. The lowest BCUT2D eigenvalue weighted by Gasteiger charge is -2.12. The maximum Gasteiger partial charge on any atom is 0.226 e. The number of halogens is 1. The number of aromatic nitrogens is 1. The molecule has 0 radical (unpaired) electrons. The SMILES string of the molecule is Cc1oc(-c2ccc(-c3ccc(S(C)(=O)=O)cc3)cc2)nc1CCN1CCC(F)C1. The molecule has 0 spiro atoms. The summed E-state index contributed by atoms with van der Waals surface area (Å²) in [5, 5.41) is 0. The normalized spacial score (nSPS) is 17.5. The standard InChI is InChI=1S/C23H25FN2O3S/c1-16-22(12-14-26-13-11-20(24)15-26)25-23(29-16)19-5-3-17(4-6-19)18-7-9-21(10-8-18)30(2,27)28/h3-10,20H,11-15H2,1-2H3. The summed E-state index contributed by atoms with van der Waals surface area (Å²) in [5.41, 5.74) is 3.71. The smallest absolute Gasteiger partial charge is 0.226 e. The molecule has 1 saturated heterocycles. The lowest BCUT2D eigenvalue weighted by molar-refractivity contribution is 0.289. The van der Waals surface area contributed by atoms with Gasteiger partial charge in [0.05, 0.1) is 10.6 Å². The summed E-state index contributed by atoms with van der Waals surface area (Å²) < 4.78 is 42.4. The van der Waals surface area contributed by atoms with Crippen molar-refractivity contribution in [3.05, 3.63) is 60.0 Å². The summed E-state index contributed by atoms with van der Waals surface area (Å²) in [5.74, 6) is 1.37. The summed E-state index contributed by atoms with van der Waals surface area (Å²) in [4.78, 5) is 7.08. The predicted molar refractivity (Wildman–Crippen MR) is 115 cm³/mol. The second kappa shape index (κ2) is 8.32. The molecule has 2 heterocycles. The molecule has 3 aromatic rings. The van der Waals surface area contributed by atoms with E-state index in [-0.39, 0.29) is 0 Å². The van der Waals surface area contributed by atoms with Gasteiger partial charge in [-0.3, -0.25) is 4.90 Å². The minimum absolute atomic E-state index is 0.307. The average molecular weight is 429 g/mol. The van der Waals surface area contributed by atoms with Gasteiger partial charge in [-0.05, 0) is 48.7 Å². The molecule has 0 amide bonds. The highest BCUT2D eigenvalue weighted by molar-refractivity contribution is 7.90. The van der Waals surface area contributed by atoms with Gasteiger partial charge in [-0.1, -0.05) is 24.3 Å². The van der Waals surface area contributed by atoms with Gasteiger partial charge in [0, 0.05) is 37.9 Å². The number of rotatable bonds is 6. The third-order valence-corrected chi connectivity index (χ3v) is 6.65. The van der Waals surface area contributed by atoms with E-state index < -0.39 is 16.0 Å². The first-order valence-corrected chi connectivity index (χ1v) is 11.9. The molecule has 1 unspecified atom stereocenters. The van der Waals surface area contributed by atoms with Crippen LogP contribution in [-0.4, -0.2) is 50.4 Å². The Labute approximate surface area is 176 Å². The Hall–Kier alpha value is -2.51. The third-order valence-electron chi connectivity index (χ3n) is 5.52. The Morgan fingerprint density at radius 1 is 1.07 bits per heavy atom. The summed E-state index contributed by atoms with van der Waals surface area (Å²) >= 11 is 0. The van der Waals surface area contributed by atoms with Gasteiger partial charge in [-0.25, -0.2) is 17.8 Å². The van der Waals surface area contributed by atoms with Crippen LogP contribution >= 0.6 is 0 Å². The van der Waals surface area contributed by atoms with Gasteiger partial charge in [-0.15, -0.1) is 0 Å². The largest absolute Gasteiger partial charge is 0.441 e. The van der Waals surface area contributed by atoms with E-state index in [9.17, 15) is 12.8 Å². The number of hydrogen-bond acceptors (Lipinski definition) is 5. The van der Waals surface area contributed by atoms with Crippen molar-refractivity contribution in [1.82, 2.24) is 9.88 Å². The number of nitrogens with zero attached hydrogens (tertiary/aromatic N) is 2. The summed E-state index contributed by atoms with van der Waals surface area (Å²) in [6, 6.07) is 14.7. The lowest BCUT2D eigenvalue weighted by atomic mass is 10.0. The molecule has 0 bridgehead atoms. The van der Waals surface area contributed by atoms with Crippen LogP contribution in [0.5, 0.6) is 0 Å². The Morgan fingerprint density at radius 3 is 2.23 bits per heavy atom. The fraction of sp³-hybridized carbons (Fsp3) is 0.348. The third kappa shape index (κ3) is 4.63. The van der Waals surface area contributed by atoms with E-state index in [0.29, 0.717) is 23.8 Å². The topological polar surface area (TPSA) is 63.4 Å². The zero-order valence-electron chi connectivity index (χ0n) is 17.1. The van der Waals surface area contributed by atoms with E-state index in [0.717, 1.165) is 47.7 Å². The maximum absolute atomic E-state index is 13.3. The van der Waals surface area contributed by atoms with Gasteiger partial charge in [0.15, 0.2) is 9.84 Å². The van der Waals surface area contributed by atoms with Crippen molar-refractivity contribution in [1.29, 1.82) is 0 Å². The molecule has 0 aliphatic carbocycles. The van der Waals surface area contributed by atoms with Crippen LogP contribution in [0.1, 0.15) is 17.9 Å². The zero-order chi connectivity index (χ0) is 21.3. The summed E-state index contributed by atoms with van der Waals surface area (Å²) in [7, 11) is -3.20. The molecule has 0 N–H and O–H groups in total. The number of likely N-dealkylation sites (tertiary alicyclic amines) is 1. The van der Waals surface area contributed by atoms with E-state index in [4.69, 9.17) is 4.42 Å². The number of oxazole rings is 1. The molecule has 7 heteroatoms. The molecule has 1 aliphatic rings. The van der Waals surface area contributed by atoms with E-state index in [2.05, 4.69) is 9.88 Å². The summed E-state index contributed by atoms with van der Waals surface area (Å²) in [6.07, 6.45) is 1.85. The quantitative estimate of drug-likeness (QED) is 0.586. The van der Waals surface area contributed by atoms with Crippen LogP contribution in [0.15, 0.2) is 57.8 Å². The van der Waals surface area contributed by atoms with Crippen molar-refractivity contribution in [2.24, 2.45) is 0 Å². The van der Waals surface area contributed by atoms with Gasteiger partial charge in [-0.2, -0.15) is 0 Å². The molecule has 1 aromatic heterocycles. The molecule has 1 aliphatic heterocycles. The Morgan fingerprint density at radius 2 is 1.67 bits per heavy atom. The molecule has 0 saturated carbocycles. The molecule has 2 aromatic carbocycles. The van der Waals surface area contributed by atoms with E-state index in [1.807, 2.05) is 31.2 Å². The fourth-order valence-electron chi connectivity index (χ4n) is 3.74. The number of sulfone groups is 1. The van der Waals surface area contributed by atoms with Gasteiger partial charge >= 0.3 is 0 Å². The second-order valence-electron chi connectivity index (χ2n) is 7.83. The highest BCUT2D eigenvalue weighted by Crippen LogP contribution is 2.27. The number of benzene rings is 2. The average Bonchev–Trinajstić information content (AvgIpc) is 3.31. The van der Waals surface area contributed by atoms with Crippen LogP contribution in [-0.2, 0) is 16.3 Å². The second-order valence-corrected chi connectivity index (χ2v) is 9.85. The van der Waals surface area contributed by atoms with Crippen LogP contribution in [0, 0.1) is 6.92 Å². The first-order chi connectivity index (χ1) is 14.3. The van der Waals surface area contributed by atoms with E-state index in [1.165, 1.54) is 6.26 Å². The zero-order valence-corrected chi connectivity index (χ0v) is 18.0. The highest BCUT2D eigenvalue weighted by Gasteiger charge is 2.22. The van der Waals surface area contributed by atoms with E-state index >= 15 is 0 Å². The first kappa shape index (κ1) is 20.8. The van der Waals surface area contributed by atoms with Gasteiger partial charge in [0.1, 0.15) is 11.9 Å². The van der Waals surface area contributed by atoms with E-state index in [1.54, 1.807) is 24.3 Å². The van der Waals surface area contributed by atoms with Crippen LogP contribution in [0.4, 0.5) is 4.39 Å². The minimum Gasteiger partial charge on any atom is -0.441 e. The highest BCUT2D eigenvalue weighted by atomic mass is 32.2. The van der Waals surface area contributed by atoms with Gasteiger partial charge in [0.2, 0.25) is 5.89 Å². The van der Waals surface area contributed by atoms with Gasteiger partial charge in [0.25, 0.3) is 0 Å². The molecular weight excluding hydrogens is 403 g/mol. The molecule has 1 fully saturated rings. The van der Waals surface area contributed by atoms with Crippen molar-refractivity contribution in [3.8, 4) is 22.6 Å². The number of aryl methyl sites for hydroxylation is 1. The van der Waals surface area contributed by atoms with Crippen molar-refractivity contribution in [3.63, 3.8) is 0 Å². The minimum atomic E-state index is -3.20. The van der Waals surface area contributed by atoms with Gasteiger partial charge < -0.3 is 4.42 Å². The number of alkyl halides is 1. The molecule has 4 rings (SSSR count). The first-order valence-electron chi connectivity index (χ1n) is 10.0. The van der Waals surface area contributed by atoms with Crippen molar-refractivity contribution in [2.45, 2.75) is 30.8 Å². The molecule has 1 atom stereocenters. The molecular formula is C23H25FN2O3S. The lowest BCUT2D eigenvalue weighted by Crippen LogP contribution is -2.23.